The second-order valence-electron chi connectivity index (χ2n) is 6.32. The van der Waals surface area contributed by atoms with Crippen LogP contribution in [0.25, 0.3) is 0 Å². The molecule has 0 bridgehead atoms. The van der Waals surface area contributed by atoms with Crippen molar-refractivity contribution in [2.75, 3.05) is 26.2 Å². The average molecular weight is 252 g/mol. The summed E-state index contributed by atoms with van der Waals surface area (Å²) in [6.07, 6.45) is 5.17. The van der Waals surface area contributed by atoms with Gasteiger partial charge in [0.1, 0.15) is 0 Å². The molecule has 3 atom stereocenters. The average Bonchev–Trinajstić information content (AvgIpc) is 2.61. The summed E-state index contributed by atoms with van der Waals surface area (Å²) in [6, 6.07) is 0.0839. The monoisotopic (exact) mass is 252 g/mol. The lowest BCUT2D eigenvalue weighted by molar-refractivity contribution is -0.135. The zero-order valence-corrected chi connectivity index (χ0v) is 12.2. The number of rotatable bonds is 2. The maximum atomic E-state index is 12.5. The normalized spacial score (nSPS) is 32.3. The molecule has 3 heteroatoms. The van der Waals surface area contributed by atoms with E-state index in [0.717, 1.165) is 26.2 Å². The largest absolute Gasteiger partial charge is 0.341 e. The topological polar surface area (TPSA) is 23.6 Å². The van der Waals surface area contributed by atoms with Crippen LogP contribution in [0.3, 0.4) is 0 Å². The van der Waals surface area contributed by atoms with Crippen molar-refractivity contribution in [3.8, 4) is 0 Å². The van der Waals surface area contributed by atoms with Crippen molar-refractivity contribution >= 4 is 5.91 Å². The first-order valence-electron chi connectivity index (χ1n) is 7.62. The third kappa shape index (κ3) is 3.05. The van der Waals surface area contributed by atoms with E-state index >= 15 is 0 Å². The number of carbonyl (C=O) groups is 1. The summed E-state index contributed by atoms with van der Waals surface area (Å²) in [5, 5.41) is 0. The molecule has 0 spiro atoms. The van der Waals surface area contributed by atoms with Gasteiger partial charge in [0.05, 0.1) is 6.04 Å². The van der Waals surface area contributed by atoms with E-state index in [9.17, 15) is 4.79 Å². The zero-order valence-electron chi connectivity index (χ0n) is 12.2. The highest BCUT2D eigenvalue weighted by Crippen LogP contribution is 2.24. The van der Waals surface area contributed by atoms with Crippen LogP contribution < -0.4 is 0 Å². The first-order valence-corrected chi connectivity index (χ1v) is 7.62. The van der Waals surface area contributed by atoms with Crippen molar-refractivity contribution in [1.29, 1.82) is 0 Å². The van der Waals surface area contributed by atoms with E-state index in [0.29, 0.717) is 17.7 Å². The van der Waals surface area contributed by atoms with Crippen LogP contribution in [-0.4, -0.2) is 47.9 Å². The van der Waals surface area contributed by atoms with Gasteiger partial charge in [0.2, 0.25) is 5.91 Å². The zero-order chi connectivity index (χ0) is 13.1. The molecule has 2 aliphatic heterocycles. The van der Waals surface area contributed by atoms with Crippen LogP contribution in [0.15, 0.2) is 0 Å². The van der Waals surface area contributed by atoms with E-state index in [1.54, 1.807) is 0 Å². The fourth-order valence-corrected chi connectivity index (χ4v) is 3.21. The minimum absolute atomic E-state index is 0.0839. The van der Waals surface area contributed by atoms with E-state index in [-0.39, 0.29) is 6.04 Å². The highest BCUT2D eigenvalue weighted by Gasteiger charge is 2.33. The number of nitrogens with zero attached hydrogens (tertiary/aromatic N) is 2. The van der Waals surface area contributed by atoms with Crippen LogP contribution in [0.5, 0.6) is 0 Å². The summed E-state index contributed by atoms with van der Waals surface area (Å²) in [6.45, 7) is 10.7. The molecule has 0 aromatic carbocycles. The van der Waals surface area contributed by atoms with Crippen LogP contribution in [0, 0.1) is 11.8 Å². The van der Waals surface area contributed by atoms with Crippen molar-refractivity contribution in [3.05, 3.63) is 0 Å². The second kappa shape index (κ2) is 6.05. The molecule has 0 N–H and O–H groups in total. The number of hydrogen-bond donors (Lipinski definition) is 0. The first-order chi connectivity index (χ1) is 8.59. The molecule has 2 saturated heterocycles. The maximum Gasteiger partial charge on any atom is 0.239 e. The molecule has 0 saturated carbocycles. The van der Waals surface area contributed by atoms with Crippen molar-refractivity contribution in [2.24, 2.45) is 11.8 Å². The Bertz CT molecular complexity index is 274. The minimum Gasteiger partial charge on any atom is -0.341 e. The van der Waals surface area contributed by atoms with Gasteiger partial charge in [0, 0.05) is 13.1 Å². The number of amides is 1. The van der Waals surface area contributed by atoms with E-state index in [1.165, 1.54) is 25.7 Å². The number of likely N-dealkylation sites (tertiary alicyclic amines) is 2. The third-order valence-electron chi connectivity index (χ3n) is 4.85. The van der Waals surface area contributed by atoms with Gasteiger partial charge in [-0.05, 0) is 44.7 Å². The molecule has 2 fully saturated rings. The first kappa shape index (κ1) is 13.9. The Balaban J connectivity index is 1.91. The van der Waals surface area contributed by atoms with Gasteiger partial charge in [-0.15, -0.1) is 0 Å². The Morgan fingerprint density at radius 3 is 2.00 bits per heavy atom. The smallest absolute Gasteiger partial charge is 0.239 e. The van der Waals surface area contributed by atoms with Gasteiger partial charge in [-0.3, -0.25) is 9.69 Å². The van der Waals surface area contributed by atoms with Gasteiger partial charge in [-0.1, -0.05) is 26.7 Å². The SMILES string of the molecule is CC1CN(C(=O)C(C)N2CCCCCC2)CC1C. The molecule has 0 radical (unpaired) electrons. The van der Waals surface area contributed by atoms with Crippen LogP contribution in [0.2, 0.25) is 0 Å². The molecule has 2 rings (SSSR count). The molecular formula is C15H28N2O. The van der Waals surface area contributed by atoms with Crippen LogP contribution in [-0.2, 0) is 4.79 Å². The van der Waals surface area contributed by atoms with Crippen molar-refractivity contribution in [1.82, 2.24) is 9.80 Å². The van der Waals surface area contributed by atoms with Gasteiger partial charge in [0.25, 0.3) is 0 Å². The summed E-state index contributed by atoms with van der Waals surface area (Å²) < 4.78 is 0. The molecule has 1 amide bonds. The molecule has 3 nitrogen and oxygen atoms in total. The lowest BCUT2D eigenvalue weighted by Crippen LogP contribution is -2.46. The minimum atomic E-state index is 0.0839. The lowest BCUT2D eigenvalue weighted by atomic mass is 10.0. The summed E-state index contributed by atoms with van der Waals surface area (Å²) >= 11 is 0. The molecule has 3 unspecified atom stereocenters. The Kier molecular flexibility index (Phi) is 4.66. The molecule has 0 aromatic heterocycles. The third-order valence-corrected chi connectivity index (χ3v) is 4.85. The summed E-state index contributed by atoms with van der Waals surface area (Å²) in [7, 11) is 0. The highest BCUT2D eigenvalue weighted by atomic mass is 16.2. The Morgan fingerprint density at radius 2 is 1.50 bits per heavy atom. The standard InChI is InChI=1S/C15H28N2O/c1-12-10-17(11-13(12)2)15(18)14(3)16-8-6-4-5-7-9-16/h12-14H,4-11H2,1-3H3. The maximum absolute atomic E-state index is 12.5. The van der Waals surface area contributed by atoms with Gasteiger partial charge < -0.3 is 4.90 Å². The van der Waals surface area contributed by atoms with E-state index in [4.69, 9.17) is 0 Å². The van der Waals surface area contributed by atoms with Gasteiger partial charge in [-0.2, -0.15) is 0 Å². The fraction of sp³-hybridized carbons (Fsp3) is 0.933. The molecule has 2 heterocycles. The predicted octanol–water partition coefficient (Wildman–Crippen LogP) is 2.37. The van der Waals surface area contributed by atoms with Crippen molar-refractivity contribution in [3.63, 3.8) is 0 Å². The molecule has 104 valence electrons. The summed E-state index contributed by atoms with van der Waals surface area (Å²) in [5.74, 6) is 1.67. The lowest BCUT2D eigenvalue weighted by Gasteiger charge is -2.30. The predicted molar refractivity (Wildman–Crippen MR) is 74.4 cm³/mol. The molecule has 0 aliphatic carbocycles. The van der Waals surface area contributed by atoms with E-state index in [2.05, 4.69) is 30.6 Å². The van der Waals surface area contributed by atoms with Crippen molar-refractivity contribution < 1.29 is 4.79 Å². The van der Waals surface area contributed by atoms with Gasteiger partial charge in [-0.25, -0.2) is 0 Å². The van der Waals surface area contributed by atoms with Gasteiger partial charge >= 0.3 is 0 Å². The van der Waals surface area contributed by atoms with E-state index < -0.39 is 0 Å². The fourth-order valence-electron chi connectivity index (χ4n) is 3.21. The number of carbonyl (C=O) groups excluding carboxylic acids is 1. The Morgan fingerprint density at radius 1 is 1.00 bits per heavy atom. The molecular weight excluding hydrogens is 224 g/mol. The molecule has 2 aliphatic rings. The van der Waals surface area contributed by atoms with Crippen LogP contribution >= 0.6 is 0 Å². The summed E-state index contributed by atoms with van der Waals surface area (Å²) in [4.78, 5) is 17.0. The summed E-state index contributed by atoms with van der Waals surface area (Å²) in [5.41, 5.74) is 0. The van der Waals surface area contributed by atoms with Crippen LogP contribution in [0.4, 0.5) is 0 Å². The second-order valence-corrected chi connectivity index (χ2v) is 6.32. The molecule has 0 aromatic rings. The Hall–Kier alpha value is -0.570. The van der Waals surface area contributed by atoms with Crippen molar-refractivity contribution in [2.45, 2.75) is 52.5 Å². The Labute approximate surface area is 112 Å². The van der Waals surface area contributed by atoms with E-state index in [1.807, 2.05) is 0 Å². The van der Waals surface area contributed by atoms with Gasteiger partial charge in [0.15, 0.2) is 0 Å². The number of hydrogen-bond acceptors (Lipinski definition) is 2. The highest BCUT2D eigenvalue weighted by molar-refractivity contribution is 5.81. The van der Waals surface area contributed by atoms with Crippen LogP contribution in [0.1, 0.15) is 46.5 Å². The molecule has 18 heavy (non-hydrogen) atoms. The quantitative estimate of drug-likeness (QED) is 0.753.